The zero-order valence-electron chi connectivity index (χ0n) is 8.95. The first-order valence-electron chi connectivity index (χ1n) is 5.54. The third-order valence-electron chi connectivity index (χ3n) is 2.32. The van der Waals surface area contributed by atoms with Gasteiger partial charge in [0.25, 0.3) is 0 Å². The second kappa shape index (κ2) is 10.8. The van der Waals surface area contributed by atoms with Crippen molar-refractivity contribution in [2.75, 3.05) is 5.33 Å². The van der Waals surface area contributed by atoms with E-state index in [9.17, 15) is 0 Å². The first-order valence-corrected chi connectivity index (χ1v) is 8.02. The summed E-state index contributed by atoms with van der Waals surface area (Å²) < 4.78 is 0. The van der Waals surface area contributed by atoms with Crippen molar-refractivity contribution in [3.05, 3.63) is 0 Å². The van der Waals surface area contributed by atoms with E-state index in [-0.39, 0.29) is 0 Å². The molecule has 0 aliphatic carbocycles. The summed E-state index contributed by atoms with van der Waals surface area (Å²) in [5.74, 6) is 0. The lowest BCUT2D eigenvalue weighted by molar-refractivity contribution is 0.592. The van der Waals surface area contributed by atoms with Gasteiger partial charge in [-0.25, -0.2) is 0 Å². The highest BCUT2D eigenvalue weighted by atomic mass is 79.9. The fraction of sp³-hybridized carbons (Fsp3) is 1.00. The summed E-state index contributed by atoms with van der Waals surface area (Å²) >= 11 is 13.3. The van der Waals surface area contributed by atoms with E-state index in [1.165, 1.54) is 38.5 Å². The first kappa shape index (κ1) is 15.2. The fourth-order valence-corrected chi connectivity index (χ4v) is 2.57. The van der Waals surface area contributed by atoms with E-state index in [1.807, 2.05) is 0 Å². The van der Waals surface area contributed by atoms with Crippen LogP contribution in [0.5, 0.6) is 0 Å². The summed E-state index contributed by atoms with van der Waals surface area (Å²) in [5.41, 5.74) is 0. The summed E-state index contributed by atoms with van der Waals surface area (Å²) in [4.78, 5) is 0.655. The summed E-state index contributed by atoms with van der Waals surface area (Å²) in [6.07, 6.45) is 8.56. The number of hydrogen-bond acceptors (Lipinski definition) is 0. The topological polar surface area (TPSA) is 0 Å². The number of alkyl halides is 3. The van der Waals surface area contributed by atoms with Crippen molar-refractivity contribution in [1.29, 1.82) is 0 Å². The smallest absolute Gasteiger partial charge is 0.0336 e. The van der Waals surface area contributed by atoms with Crippen molar-refractivity contribution >= 4 is 43.5 Å². The predicted molar refractivity (Wildman–Crippen MR) is 74.1 cm³/mol. The largest absolute Gasteiger partial charge is 0.123 e. The molecular weight excluding hydrogens is 327 g/mol. The van der Waals surface area contributed by atoms with E-state index in [0.29, 0.717) is 10.2 Å². The van der Waals surface area contributed by atoms with E-state index in [4.69, 9.17) is 11.6 Å². The molecule has 0 aromatic rings. The third-order valence-corrected chi connectivity index (χ3v) is 4.23. The molecule has 14 heavy (non-hydrogen) atoms. The van der Waals surface area contributed by atoms with E-state index in [2.05, 4.69) is 38.8 Å². The minimum Gasteiger partial charge on any atom is -0.123 e. The lowest BCUT2D eigenvalue weighted by Gasteiger charge is -2.12. The molecule has 0 saturated carbocycles. The standard InChI is InChI=1S/C11H21Br2Cl/c1-2-3-6-11(14)8-7-10(13)5-4-9-12/h10-11H,2-9H2,1H3. The van der Waals surface area contributed by atoms with Crippen LogP contribution in [-0.4, -0.2) is 15.5 Å². The maximum atomic E-state index is 6.21. The minimum atomic E-state index is 0.388. The van der Waals surface area contributed by atoms with Crippen LogP contribution in [0.3, 0.4) is 0 Å². The molecule has 2 unspecified atom stereocenters. The van der Waals surface area contributed by atoms with E-state index in [0.717, 1.165) is 11.8 Å². The van der Waals surface area contributed by atoms with Gasteiger partial charge in [0.2, 0.25) is 0 Å². The van der Waals surface area contributed by atoms with Gasteiger partial charge in [0.1, 0.15) is 0 Å². The Hall–Kier alpha value is 1.25. The molecule has 0 amide bonds. The number of halogens is 3. The highest BCUT2D eigenvalue weighted by Gasteiger charge is 2.08. The number of hydrogen-bond donors (Lipinski definition) is 0. The van der Waals surface area contributed by atoms with Gasteiger partial charge in [0.15, 0.2) is 0 Å². The molecule has 0 aromatic carbocycles. The second-order valence-electron chi connectivity index (χ2n) is 3.75. The van der Waals surface area contributed by atoms with Gasteiger partial charge in [-0.15, -0.1) is 11.6 Å². The van der Waals surface area contributed by atoms with Gasteiger partial charge in [-0.05, 0) is 32.1 Å². The number of unbranched alkanes of at least 4 members (excludes halogenated alkanes) is 1. The Kier molecular flexibility index (Phi) is 11.7. The summed E-state index contributed by atoms with van der Waals surface area (Å²) in [6, 6.07) is 0. The van der Waals surface area contributed by atoms with Gasteiger partial charge in [0, 0.05) is 15.5 Å². The van der Waals surface area contributed by atoms with Gasteiger partial charge in [-0.1, -0.05) is 51.6 Å². The average Bonchev–Trinajstić information content (AvgIpc) is 2.20. The Labute approximate surface area is 110 Å². The molecule has 86 valence electrons. The Morgan fingerprint density at radius 2 is 1.79 bits per heavy atom. The summed E-state index contributed by atoms with van der Waals surface area (Å²) in [6.45, 7) is 2.22. The quantitative estimate of drug-likeness (QED) is 0.482. The van der Waals surface area contributed by atoms with Gasteiger partial charge in [-0.2, -0.15) is 0 Å². The van der Waals surface area contributed by atoms with Crippen LogP contribution in [0.4, 0.5) is 0 Å². The average molecular weight is 349 g/mol. The van der Waals surface area contributed by atoms with Gasteiger partial charge in [0.05, 0.1) is 0 Å². The van der Waals surface area contributed by atoms with Crippen LogP contribution in [0.2, 0.25) is 0 Å². The Bertz CT molecular complexity index is 106. The molecule has 0 rings (SSSR count). The van der Waals surface area contributed by atoms with E-state index in [1.54, 1.807) is 0 Å². The first-order chi connectivity index (χ1) is 6.70. The molecule has 0 aliphatic rings. The molecular formula is C11H21Br2Cl. The van der Waals surface area contributed by atoms with Crippen molar-refractivity contribution in [3.8, 4) is 0 Å². The Morgan fingerprint density at radius 1 is 1.07 bits per heavy atom. The lowest BCUT2D eigenvalue weighted by atomic mass is 10.1. The van der Waals surface area contributed by atoms with Crippen LogP contribution in [0.1, 0.15) is 51.9 Å². The van der Waals surface area contributed by atoms with E-state index >= 15 is 0 Å². The van der Waals surface area contributed by atoms with Crippen molar-refractivity contribution in [1.82, 2.24) is 0 Å². The zero-order valence-corrected chi connectivity index (χ0v) is 12.9. The molecule has 0 saturated heterocycles. The SMILES string of the molecule is CCCCC(Cl)CCC(Br)CCCBr. The zero-order chi connectivity index (χ0) is 10.8. The van der Waals surface area contributed by atoms with Crippen molar-refractivity contribution in [2.45, 2.75) is 62.1 Å². The lowest BCUT2D eigenvalue weighted by Crippen LogP contribution is -2.04. The second-order valence-corrected chi connectivity index (χ2v) is 6.45. The van der Waals surface area contributed by atoms with Crippen LogP contribution in [0.25, 0.3) is 0 Å². The molecule has 0 nitrogen and oxygen atoms in total. The van der Waals surface area contributed by atoms with Gasteiger partial charge in [-0.3, -0.25) is 0 Å². The molecule has 0 radical (unpaired) electrons. The molecule has 2 atom stereocenters. The molecule has 0 bridgehead atoms. The number of rotatable bonds is 9. The van der Waals surface area contributed by atoms with Crippen LogP contribution >= 0.6 is 43.5 Å². The Balaban J connectivity index is 3.31. The highest BCUT2D eigenvalue weighted by molar-refractivity contribution is 9.09. The van der Waals surface area contributed by atoms with Crippen LogP contribution in [0.15, 0.2) is 0 Å². The molecule has 0 aliphatic heterocycles. The molecule has 0 aromatic heterocycles. The fourth-order valence-electron chi connectivity index (χ4n) is 1.37. The normalized spacial score (nSPS) is 15.4. The maximum Gasteiger partial charge on any atom is 0.0336 e. The monoisotopic (exact) mass is 346 g/mol. The summed E-state index contributed by atoms with van der Waals surface area (Å²) in [7, 11) is 0. The van der Waals surface area contributed by atoms with E-state index < -0.39 is 0 Å². The van der Waals surface area contributed by atoms with Crippen molar-refractivity contribution in [3.63, 3.8) is 0 Å². The third kappa shape index (κ3) is 9.79. The molecule has 0 fully saturated rings. The van der Waals surface area contributed by atoms with Crippen molar-refractivity contribution in [2.24, 2.45) is 0 Å². The molecule has 0 spiro atoms. The maximum absolute atomic E-state index is 6.21. The minimum absolute atomic E-state index is 0.388. The van der Waals surface area contributed by atoms with Crippen molar-refractivity contribution < 1.29 is 0 Å². The van der Waals surface area contributed by atoms with Crippen LogP contribution in [-0.2, 0) is 0 Å². The molecule has 0 heterocycles. The highest BCUT2D eigenvalue weighted by Crippen LogP contribution is 2.20. The summed E-state index contributed by atoms with van der Waals surface area (Å²) in [5, 5.41) is 1.49. The molecule has 3 heteroatoms. The predicted octanol–water partition coefficient (Wildman–Crippen LogP) is 5.50. The van der Waals surface area contributed by atoms with Gasteiger partial charge >= 0.3 is 0 Å². The van der Waals surface area contributed by atoms with Crippen LogP contribution in [0, 0.1) is 0 Å². The Morgan fingerprint density at radius 3 is 2.36 bits per heavy atom. The van der Waals surface area contributed by atoms with Crippen LogP contribution < -0.4 is 0 Å². The molecule has 0 N–H and O–H groups in total. The van der Waals surface area contributed by atoms with Gasteiger partial charge < -0.3 is 0 Å².